The van der Waals surface area contributed by atoms with Gasteiger partial charge in [-0.2, -0.15) is 0 Å². The molecule has 1 aliphatic rings. The van der Waals surface area contributed by atoms with Gasteiger partial charge in [0, 0.05) is 31.9 Å². The van der Waals surface area contributed by atoms with E-state index in [2.05, 4.69) is 20.8 Å². The number of hydrogen-bond donors (Lipinski definition) is 1. The Labute approximate surface area is 127 Å². The molecule has 1 N–H and O–H groups in total. The van der Waals surface area contributed by atoms with Crippen LogP contribution in [0.15, 0.2) is 11.6 Å². The van der Waals surface area contributed by atoms with Crippen LogP contribution in [0, 0.1) is 5.41 Å². The number of ether oxygens (including phenoxy) is 1. The van der Waals surface area contributed by atoms with E-state index < -0.39 is 5.97 Å². The summed E-state index contributed by atoms with van der Waals surface area (Å²) in [6.45, 7) is 9.63. The first-order valence-corrected chi connectivity index (χ1v) is 7.50. The summed E-state index contributed by atoms with van der Waals surface area (Å²) in [6.07, 6.45) is 3.17. The first kappa shape index (κ1) is 17.7. The van der Waals surface area contributed by atoms with Crippen molar-refractivity contribution in [3.8, 4) is 0 Å². The smallest absolute Gasteiger partial charge is 0.305 e. The average molecular weight is 297 g/mol. The third-order valence-corrected chi connectivity index (χ3v) is 4.00. The first-order valence-electron chi connectivity index (χ1n) is 7.50. The lowest BCUT2D eigenvalue weighted by molar-refractivity contribution is -0.138. The van der Waals surface area contributed by atoms with Crippen LogP contribution in [0.4, 0.5) is 0 Å². The number of hydrogen-bond acceptors (Lipinski definition) is 3. The lowest BCUT2D eigenvalue weighted by atomic mass is 9.87. The zero-order valence-electron chi connectivity index (χ0n) is 13.5. The molecule has 1 fully saturated rings. The van der Waals surface area contributed by atoms with E-state index in [1.165, 1.54) is 0 Å². The van der Waals surface area contributed by atoms with E-state index in [9.17, 15) is 9.59 Å². The number of aliphatic carboxylic acids is 1. The molecule has 0 aromatic heterocycles. The van der Waals surface area contributed by atoms with Gasteiger partial charge in [-0.15, -0.1) is 0 Å². The molecule has 0 saturated carbocycles. The van der Waals surface area contributed by atoms with Crippen molar-refractivity contribution < 1.29 is 19.4 Å². The van der Waals surface area contributed by atoms with Crippen molar-refractivity contribution in [1.29, 1.82) is 0 Å². The van der Waals surface area contributed by atoms with E-state index in [0.29, 0.717) is 13.2 Å². The predicted molar refractivity (Wildman–Crippen MR) is 81.0 cm³/mol. The van der Waals surface area contributed by atoms with Crippen LogP contribution in [0.2, 0.25) is 0 Å². The highest BCUT2D eigenvalue weighted by Gasteiger charge is 2.26. The van der Waals surface area contributed by atoms with Crippen molar-refractivity contribution >= 4 is 11.9 Å². The molecule has 1 aliphatic heterocycles. The number of carbonyl (C=O) groups excluding carboxylic acids is 1. The Kier molecular flexibility index (Phi) is 6.40. The number of carboxylic acids is 1. The Morgan fingerprint density at radius 1 is 1.29 bits per heavy atom. The summed E-state index contributed by atoms with van der Waals surface area (Å²) in [6, 6.07) is 0.0784. The van der Waals surface area contributed by atoms with Crippen LogP contribution in [0.5, 0.6) is 0 Å². The van der Waals surface area contributed by atoms with Crippen molar-refractivity contribution in [2.45, 2.75) is 53.0 Å². The van der Waals surface area contributed by atoms with Gasteiger partial charge in [0.1, 0.15) is 0 Å². The maximum atomic E-state index is 12.5. The van der Waals surface area contributed by atoms with Gasteiger partial charge in [-0.3, -0.25) is 9.59 Å². The molecule has 5 nitrogen and oxygen atoms in total. The minimum atomic E-state index is -0.878. The van der Waals surface area contributed by atoms with Crippen molar-refractivity contribution in [1.82, 2.24) is 4.90 Å². The molecule has 1 heterocycles. The number of rotatable bonds is 5. The van der Waals surface area contributed by atoms with Crippen LogP contribution >= 0.6 is 0 Å². The summed E-state index contributed by atoms with van der Waals surface area (Å²) in [7, 11) is 0. The Morgan fingerprint density at radius 3 is 2.33 bits per heavy atom. The maximum absolute atomic E-state index is 12.5. The van der Waals surface area contributed by atoms with Gasteiger partial charge in [-0.25, -0.2) is 0 Å². The maximum Gasteiger partial charge on any atom is 0.305 e. The lowest BCUT2D eigenvalue weighted by Crippen LogP contribution is -2.44. The van der Waals surface area contributed by atoms with Crippen molar-refractivity contribution in [3.63, 3.8) is 0 Å². The molecular formula is C16H27NO4. The summed E-state index contributed by atoms with van der Waals surface area (Å²) < 4.78 is 5.32. The SMILES string of the molecule is C/C(=C/C(=O)N(CCC(=O)O)C1CCOCC1)C(C)(C)C. The molecule has 1 rings (SSSR count). The highest BCUT2D eigenvalue weighted by molar-refractivity contribution is 5.89. The van der Waals surface area contributed by atoms with Crippen LogP contribution in [0.25, 0.3) is 0 Å². The first-order chi connectivity index (χ1) is 9.71. The minimum absolute atomic E-state index is 0.0223. The predicted octanol–water partition coefficient (Wildman–Crippen LogP) is 2.46. The van der Waals surface area contributed by atoms with Gasteiger partial charge >= 0.3 is 5.97 Å². The molecular weight excluding hydrogens is 270 g/mol. The minimum Gasteiger partial charge on any atom is -0.481 e. The molecule has 0 unspecified atom stereocenters. The van der Waals surface area contributed by atoms with E-state index in [1.54, 1.807) is 11.0 Å². The number of amides is 1. The second kappa shape index (κ2) is 7.59. The molecule has 1 saturated heterocycles. The summed E-state index contributed by atoms with van der Waals surface area (Å²) >= 11 is 0. The molecule has 1 amide bonds. The largest absolute Gasteiger partial charge is 0.481 e. The van der Waals surface area contributed by atoms with E-state index in [4.69, 9.17) is 9.84 Å². The van der Waals surface area contributed by atoms with Gasteiger partial charge in [0.2, 0.25) is 5.91 Å². The van der Waals surface area contributed by atoms with E-state index >= 15 is 0 Å². The normalized spacial score (nSPS) is 17.6. The summed E-state index contributed by atoms with van der Waals surface area (Å²) in [5.74, 6) is -0.966. The van der Waals surface area contributed by atoms with Gasteiger partial charge in [0.15, 0.2) is 0 Å². The van der Waals surface area contributed by atoms with Gasteiger partial charge in [0.05, 0.1) is 6.42 Å². The molecule has 120 valence electrons. The zero-order chi connectivity index (χ0) is 16.0. The molecule has 0 spiro atoms. The van der Waals surface area contributed by atoms with Crippen molar-refractivity contribution in [2.75, 3.05) is 19.8 Å². The third-order valence-electron chi connectivity index (χ3n) is 4.00. The average Bonchev–Trinajstić information content (AvgIpc) is 2.38. The summed E-state index contributed by atoms with van der Waals surface area (Å²) in [5, 5.41) is 8.88. The highest BCUT2D eigenvalue weighted by atomic mass is 16.5. The van der Waals surface area contributed by atoms with Crippen LogP contribution in [0.3, 0.4) is 0 Å². The number of carboxylic acid groups (broad SMARTS) is 1. The third kappa shape index (κ3) is 5.87. The second-order valence-corrected chi connectivity index (χ2v) is 6.60. The van der Waals surface area contributed by atoms with E-state index in [1.807, 2.05) is 6.92 Å². The molecule has 0 bridgehead atoms. The highest BCUT2D eigenvalue weighted by Crippen LogP contribution is 2.25. The zero-order valence-corrected chi connectivity index (χ0v) is 13.5. The number of allylic oxidation sites excluding steroid dienone is 1. The monoisotopic (exact) mass is 297 g/mol. The molecule has 0 atom stereocenters. The van der Waals surface area contributed by atoms with E-state index in [0.717, 1.165) is 18.4 Å². The molecule has 0 aromatic rings. The summed E-state index contributed by atoms with van der Waals surface area (Å²) in [4.78, 5) is 25.0. The number of carbonyl (C=O) groups is 2. The number of nitrogens with zero attached hydrogens (tertiary/aromatic N) is 1. The van der Waals surface area contributed by atoms with Gasteiger partial charge in [0.25, 0.3) is 0 Å². The van der Waals surface area contributed by atoms with Crippen LogP contribution in [0.1, 0.15) is 47.0 Å². The fraction of sp³-hybridized carbons (Fsp3) is 0.750. The Bertz CT molecular complexity index is 403. The molecule has 5 heteroatoms. The van der Waals surface area contributed by atoms with Crippen molar-refractivity contribution in [2.24, 2.45) is 5.41 Å². The standard InChI is InChI=1S/C16H27NO4/c1-12(16(2,3)4)11-14(18)17(8-5-15(19)20)13-6-9-21-10-7-13/h11,13H,5-10H2,1-4H3,(H,19,20)/b12-11-. The van der Waals surface area contributed by atoms with Gasteiger partial charge in [-0.05, 0) is 25.2 Å². The Morgan fingerprint density at radius 2 is 1.86 bits per heavy atom. The van der Waals surface area contributed by atoms with Gasteiger partial charge in [-0.1, -0.05) is 26.3 Å². The molecule has 0 radical (unpaired) electrons. The van der Waals surface area contributed by atoms with Crippen LogP contribution in [-0.4, -0.2) is 47.7 Å². The van der Waals surface area contributed by atoms with Crippen LogP contribution in [-0.2, 0) is 14.3 Å². The summed E-state index contributed by atoms with van der Waals surface area (Å²) in [5.41, 5.74) is 0.934. The Balaban J connectivity index is 2.83. The van der Waals surface area contributed by atoms with E-state index in [-0.39, 0.29) is 30.3 Å². The molecule has 21 heavy (non-hydrogen) atoms. The second-order valence-electron chi connectivity index (χ2n) is 6.60. The van der Waals surface area contributed by atoms with Crippen molar-refractivity contribution in [3.05, 3.63) is 11.6 Å². The molecule has 0 aliphatic carbocycles. The lowest BCUT2D eigenvalue weighted by Gasteiger charge is -2.34. The fourth-order valence-electron chi connectivity index (χ4n) is 2.17. The van der Waals surface area contributed by atoms with Crippen LogP contribution < -0.4 is 0 Å². The fourth-order valence-corrected chi connectivity index (χ4v) is 2.17. The Hall–Kier alpha value is -1.36. The molecule has 0 aromatic carbocycles. The topological polar surface area (TPSA) is 66.8 Å². The van der Waals surface area contributed by atoms with Gasteiger partial charge < -0.3 is 14.7 Å². The quantitative estimate of drug-likeness (QED) is 0.792.